The van der Waals surface area contributed by atoms with Crippen LogP contribution in [0.15, 0.2) is 83.9 Å². The van der Waals surface area contributed by atoms with Gasteiger partial charge < -0.3 is 4.90 Å². The molecule has 4 heteroatoms. The van der Waals surface area contributed by atoms with Crippen molar-refractivity contribution in [2.24, 2.45) is 4.99 Å². The topological polar surface area (TPSA) is 32.7 Å². The predicted molar refractivity (Wildman–Crippen MR) is 111 cm³/mol. The monoisotopic (exact) mass is 374 g/mol. The molecule has 1 atom stereocenters. The van der Waals surface area contributed by atoms with Gasteiger partial charge in [-0.2, -0.15) is 0 Å². The zero-order chi connectivity index (χ0) is 18.8. The number of anilines is 1. The van der Waals surface area contributed by atoms with Gasteiger partial charge in [0.25, 0.3) is 0 Å². The van der Waals surface area contributed by atoms with Crippen molar-refractivity contribution in [2.45, 2.75) is 19.4 Å². The van der Waals surface area contributed by atoms with Crippen LogP contribution in [-0.4, -0.2) is 11.6 Å². The molecule has 0 bridgehead atoms. The molecule has 3 aromatic carbocycles. The van der Waals surface area contributed by atoms with E-state index in [1.807, 2.05) is 71.6 Å². The number of aliphatic imine (C=N–C) groups is 1. The molecule has 0 aromatic heterocycles. The van der Waals surface area contributed by atoms with E-state index in [-0.39, 0.29) is 11.9 Å². The van der Waals surface area contributed by atoms with Gasteiger partial charge in [-0.15, -0.1) is 0 Å². The first-order chi connectivity index (χ1) is 13.1. The number of carbonyl (C=O) groups excluding carboxylic acids is 1. The molecule has 1 aliphatic rings. The minimum Gasteiger partial charge on any atom is -0.303 e. The van der Waals surface area contributed by atoms with Crippen molar-refractivity contribution in [1.29, 1.82) is 0 Å². The average molecular weight is 375 g/mol. The fourth-order valence-electron chi connectivity index (χ4n) is 3.55. The third kappa shape index (κ3) is 3.51. The van der Waals surface area contributed by atoms with Crippen molar-refractivity contribution >= 4 is 34.6 Å². The summed E-state index contributed by atoms with van der Waals surface area (Å²) in [6, 6.07) is 25.5. The quantitative estimate of drug-likeness (QED) is 0.544. The van der Waals surface area contributed by atoms with E-state index < -0.39 is 0 Å². The summed E-state index contributed by atoms with van der Waals surface area (Å²) in [6.07, 6.45) is 0.625. The number of hydrogen-bond acceptors (Lipinski definition) is 2. The summed E-state index contributed by atoms with van der Waals surface area (Å²) in [4.78, 5) is 19.4. The summed E-state index contributed by atoms with van der Waals surface area (Å²) in [5, 5.41) is 0.680. The standard InChI is InChI=1S/C23H19ClN2O/c1-16(27)26-22-10-6-5-9-20(22)25-21(17-7-3-2-4-8-17)15-23(26)18-11-13-19(24)14-12-18/h2-14,23H,15H2,1H3/t23-/m1/s1. The molecule has 0 N–H and O–H groups in total. The Labute approximate surface area is 163 Å². The Morgan fingerprint density at radius 1 is 0.963 bits per heavy atom. The minimum absolute atomic E-state index is 0.00749. The number of fused-ring (bicyclic) bond motifs is 1. The Balaban J connectivity index is 1.90. The van der Waals surface area contributed by atoms with Gasteiger partial charge in [-0.3, -0.25) is 9.79 Å². The van der Waals surface area contributed by atoms with Gasteiger partial charge in [0.15, 0.2) is 0 Å². The molecule has 0 saturated carbocycles. The summed E-state index contributed by atoms with van der Waals surface area (Å²) in [5.41, 5.74) is 4.71. The SMILES string of the molecule is CC(=O)N1c2ccccc2N=C(c2ccccc2)C[C@@H]1c1ccc(Cl)cc1. The van der Waals surface area contributed by atoms with Crippen molar-refractivity contribution in [3.05, 3.63) is 95.0 Å². The zero-order valence-electron chi connectivity index (χ0n) is 15.0. The highest BCUT2D eigenvalue weighted by molar-refractivity contribution is 6.30. The molecule has 1 heterocycles. The van der Waals surface area contributed by atoms with Crippen LogP contribution < -0.4 is 4.90 Å². The number of para-hydroxylation sites is 2. The van der Waals surface area contributed by atoms with Crippen LogP contribution in [0.5, 0.6) is 0 Å². The van der Waals surface area contributed by atoms with Gasteiger partial charge in [-0.05, 0) is 35.4 Å². The van der Waals surface area contributed by atoms with Gasteiger partial charge in [-0.1, -0.05) is 66.2 Å². The van der Waals surface area contributed by atoms with Gasteiger partial charge in [0, 0.05) is 18.4 Å². The maximum Gasteiger partial charge on any atom is 0.224 e. The molecule has 1 amide bonds. The molecule has 0 unspecified atom stereocenters. The van der Waals surface area contributed by atoms with Crippen LogP contribution in [0.3, 0.4) is 0 Å². The normalized spacial score (nSPS) is 16.3. The van der Waals surface area contributed by atoms with Gasteiger partial charge in [0.1, 0.15) is 0 Å². The number of benzene rings is 3. The zero-order valence-corrected chi connectivity index (χ0v) is 15.7. The Morgan fingerprint density at radius 3 is 2.33 bits per heavy atom. The summed E-state index contributed by atoms with van der Waals surface area (Å²) in [7, 11) is 0. The minimum atomic E-state index is -0.151. The summed E-state index contributed by atoms with van der Waals surface area (Å²) in [5.74, 6) is -0.00749. The molecule has 0 radical (unpaired) electrons. The van der Waals surface area contributed by atoms with Crippen LogP contribution in [0.2, 0.25) is 5.02 Å². The Kier molecular flexibility index (Phi) is 4.78. The Morgan fingerprint density at radius 2 is 1.63 bits per heavy atom. The Bertz CT molecular complexity index is 996. The molecule has 3 nitrogen and oxygen atoms in total. The van der Waals surface area contributed by atoms with Crippen LogP contribution in [0.4, 0.5) is 11.4 Å². The number of hydrogen-bond donors (Lipinski definition) is 0. The third-order valence-corrected chi connectivity index (χ3v) is 5.05. The summed E-state index contributed by atoms with van der Waals surface area (Å²) < 4.78 is 0. The van der Waals surface area contributed by atoms with Gasteiger partial charge in [-0.25, -0.2) is 0 Å². The average Bonchev–Trinajstić information content (AvgIpc) is 2.86. The lowest BCUT2D eigenvalue weighted by molar-refractivity contribution is -0.117. The fourth-order valence-corrected chi connectivity index (χ4v) is 3.68. The van der Waals surface area contributed by atoms with Crippen LogP contribution in [0.1, 0.15) is 30.5 Å². The maximum absolute atomic E-state index is 12.7. The van der Waals surface area contributed by atoms with Crippen molar-refractivity contribution < 1.29 is 4.79 Å². The van der Waals surface area contributed by atoms with E-state index in [0.717, 1.165) is 28.2 Å². The number of carbonyl (C=O) groups is 1. The molecule has 0 saturated heterocycles. The highest BCUT2D eigenvalue weighted by Crippen LogP contribution is 2.40. The largest absolute Gasteiger partial charge is 0.303 e. The fraction of sp³-hybridized carbons (Fsp3) is 0.130. The first kappa shape index (κ1) is 17.5. The first-order valence-corrected chi connectivity index (χ1v) is 9.28. The first-order valence-electron chi connectivity index (χ1n) is 8.91. The number of amides is 1. The van der Waals surface area contributed by atoms with Gasteiger partial charge in [0.2, 0.25) is 5.91 Å². The maximum atomic E-state index is 12.7. The second-order valence-electron chi connectivity index (χ2n) is 6.57. The molecule has 134 valence electrons. The van der Waals surface area contributed by atoms with E-state index in [2.05, 4.69) is 12.1 Å². The van der Waals surface area contributed by atoms with Crippen LogP contribution in [0, 0.1) is 0 Å². The molecule has 4 rings (SSSR count). The Hall–Kier alpha value is -2.91. The highest BCUT2D eigenvalue weighted by atomic mass is 35.5. The number of rotatable bonds is 2. The van der Waals surface area contributed by atoms with E-state index in [4.69, 9.17) is 16.6 Å². The number of nitrogens with zero attached hydrogens (tertiary/aromatic N) is 2. The molecule has 1 aliphatic heterocycles. The van der Waals surface area contributed by atoms with Crippen LogP contribution >= 0.6 is 11.6 Å². The lowest BCUT2D eigenvalue weighted by atomic mass is 9.96. The smallest absolute Gasteiger partial charge is 0.224 e. The molecule has 0 spiro atoms. The lowest BCUT2D eigenvalue weighted by Crippen LogP contribution is -2.33. The number of halogens is 1. The van der Waals surface area contributed by atoms with Crippen molar-refractivity contribution in [1.82, 2.24) is 0 Å². The molecular formula is C23H19ClN2O. The van der Waals surface area contributed by atoms with Gasteiger partial charge >= 0.3 is 0 Å². The second kappa shape index (κ2) is 7.37. The lowest BCUT2D eigenvalue weighted by Gasteiger charge is -2.30. The van der Waals surface area contributed by atoms with E-state index in [1.54, 1.807) is 6.92 Å². The van der Waals surface area contributed by atoms with Crippen LogP contribution in [0.25, 0.3) is 0 Å². The molecule has 0 aliphatic carbocycles. The second-order valence-corrected chi connectivity index (χ2v) is 7.01. The van der Waals surface area contributed by atoms with E-state index in [0.29, 0.717) is 11.4 Å². The van der Waals surface area contributed by atoms with Crippen molar-refractivity contribution in [3.8, 4) is 0 Å². The van der Waals surface area contributed by atoms with Crippen molar-refractivity contribution in [3.63, 3.8) is 0 Å². The van der Waals surface area contributed by atoms with Gasteiger partial charge in [0.05, 0.1) is 23.1 Å². The van der Waals surface area contributed by atoms with E-state index >= 15 is 0 Å². The van der Waals surface area contributed by atoms with E-state index in [9.17, 15) is 4.79 Å². The molecule has 0 fully saturated rings. The third-order valence-electron chi connectivity index (χ3n) is 4.80. The molecule has 27 heavy (non-hydrogen) atoms. The predicted octanol–water partition coefficient (Wildman–Crippen LogP) is 5.96. The molecule has 3 aromatic rings. The summed E-state index contributed by atoms with van der Waals surface area (Å²) in [6.45, 7) is 1.60. The molecular weight excluding hydrogens is 356 g/mol. The summed E-state index contributed by atoms with van der Waals surface area (Å²) >= 11 is 6.08. The van der Waals surface area contributed by atoms with Crippen molar-refractivity contribution in [2.75, 3.05) is 4.90 Å². The highest BCUT2D eigenvalue weighted by Gasteiger charge is 2.30. The van der Waals surface area contributed by atoms with Crippen LogP contribution in [-0.2, 0) is 4.79 Å². The van der Waals surface area contributed by atoms with E-state index in [1.165, 1.54) is 0 Å².